The molecule has 2 fully saturated rings. The highest BCUT2D eigenvalue weighted by Crippen LogP contribution is 2.36. The number of hydrazine groups is 1. The van der Waals surface area contributed by atoms with E-state index < -0.39 is 0 Å². The van der Waals surface area contributed by atoms with Crippen LogP contribution in [0.1, 0.15) is 53.1 Å². The van der Waals surface area contributed by atoms with E-state index in [0.717, 1.165) is 18.5 Å². The lowest BCUT2D eigenvalue weighted by molar-refractivity contribution is 0.0555. The van der Waals surface area contributed by atoms with Crippen LogP contribution in [-0.2, 0) is 6.54 Å². The second kappa shape index (κ2) is 6.24. The van der Waals surface area contributed by atoms with Gasteiger partial charge in [-0.05, 0) is 50.3 Å². The van der Waals surface area contributed by atoms with Gasteiger partial charge >= 0.3 is 0 Å². The highest BCUT2D eigenvalue weighted by Gasteiger charge is 2.33. The molecule has 1 aromatic heterocycles. The molecule has 2 aliphatic rings. The van der Waals surface area contributed by atoms with Crippen molar-refractivity contribution >= 4 is 17.2 Å². The average molecular weight is 293 g/mol. The molecular formula is C15H23N3OS. The van der Waals surface area contributed by atoms with Gasteiger partial charge < -0.3 is 0 Å². The summed E-state index contributed by atoms with van der Waals surface area (Å²) in [6.07, 6.45) is 8.28. The third-order valence-corrected chi connectivity index (χ3v) is 5.80. The van der Waals surface area contributed by atoms with E-state index in [-0.39, 0.29) is 5.91 Å². The number of nitrogens with one attached hydrogen (secondary N) is 1. The topological polar surface area (TPSA) is 58.4 Å². The number of fused-ring (bicyclic) bond motifs is 1. The number of nitrogen functional groups attached to an aromatic ring is 1. The number of nitrogens with zero attached hydrogens (tertiary/aromatic N) is 1. The fourth-order valence-electron chi connectivity index (χ4n) is 3.78. The standard InChI is InChI=1S/C15H23N3OS/c16-17-15(19)14-8-7-12(20-14)10-18-9-3-5-11-4-1-2-6-13(11)18/h7-8,11,13H,1-6,9-10,16H2,(H,17,19). The van der Waals surface area contributed by atoms with Crippen LogP contribution in [0.15, 0.2) is 12.1 Å². The second-order valence-electron chi connectivity index (χ2n) is 5.96. The molecule has 5 heteroatoms. The monoisotopic (exact) mass is 293 g/mol. The minimum atomic E-state index is -0.185. The summed E-state index contributed by atoms with van der Waals surface area (Å²) in [5.41, 5.74) is 2.20. The lowest BCUT2D eigenvalue weighted by atomic mass is 9.78. The highest BCUT2D eigenvalue weighted by atomic mass is 32.1. The SMILES string of the molecule is NNC(=O)c1ccc(CN2CCCC3CCCCC32)s1. The molecule has 0 bridgehead atoms. The van der Waals surface area contributed by atoms with E-state index in [1.807, 2.05) is 6.07 Å². The Kier molecular flexibility index (Phi) is 4.38. The van der Waals surface area contributed by atoms with Gasteiger partial charge in [-0.15, -0.1) is 11.3 Å². The maximum Gasteiger partial charge on any atom is 0.275 e. The third kappa shape index (κ3) is 2.90. The van der Waals surface area contributed by atoms with Crippen molar-refractivity contribution in [3.63, 3.8) is 0 Å². The van der Waals surface area contributed by atoms with Gasteiger partial charge in [-0.3, -0.25) is 15.1 Å². The van der Waals surface area contributed by atoms with Crippen LogP contribution in [0, 0.1) is 5.92 Å². The average Bonchev–Trinajstić information content (AvgIpc) is 2.95. The number of thiophene rings is 1. The Balaban J connectivity index is 1.67. The van der Waals surface area contributed by atoms with Gasteiger partial charge in [0, 0.05) is 17.5 Å². The summed E-state index contributed by atoms with van der Waals surface area (Å²) < 4.78 is 0. The van der Waals surface area contributed by atoms with Crippen LogP contribution in [0.4, 0.5) is 0 Å². The molecular weight excluding hydrogens is 270 g/mol. The lowest BCUT2D eigenvalue weighted by Crippen LogP contribution is -2.46. The van der Waals surface area contributed by atoms with Crippen molar-refractivity contribution < 1.29 is 4.79 Å². The Morgan fingerprint density at radius 2 is 2.10 bits per heavy atom. The summed E-state index contributed by atoms with van der Waals surface area (Å²) in [4.78, 5) is 16.1. The molecule has 110 valence electrons. The first-order chi connectivity index (χ1) is 9.78. The molecule has 0 aromatic carbocycles. The van der Waals surface area contributed by atoms with Gasteiger partial charge in [0.1, 0.15) is 0 Å². The largest absolute Gasteiger partial charge is 0.295 e. The Labute approximate surface area is 124 Å². The van der Waals surface area contributed by atoms with Gasteiger partial charge in [0.25, 0.3) is 5.91 Å². The van der Waals surface area contributed by atoms with Crippen LogP contribution in [0.5, 0.6) is 0 Å². The summed E-state index contributed by atoms with van der Waals surface area (Å²) >= 11 is 1.56. The molecule has 1 aliphatic carbocycles. The van der Waals surface area contributed by atoms with E-state index in [9.17, 15) is 4.79 Å². The Hall–Kier alpha value is -0.910. The summed E-state index contributed by atoms with van der Waals surface area (Å²) in [7, 11) is 0. The fraction of sp³-hybridized carbons (Fsp3) is 0.667. The van der Waals surface area contributed by atoms with E-state index in [0.29, 0.717) is 4.88 Å². The molecule has 20 heavy (non-hydrogen) atoms. The van der Waals surface area contributed by atoms with Gasteiger partial charge in [-0.2, -0.15) is 0 Å². The number of hydrogen-bond donors (Lipinski definition) is 2. The molecule has 1 aliphatic heterocycles. The molecule has 3 rings (SSSR count). The number of carbonyl (C=O) groups is 1. The summed E-state index contributed by atoms with van der Waals surface area (Å²) in [6.45, 7) is 2.20. The van der Waals surface area contributed by atoms with Gasteiger partial charge in [0.15, 0.2) is 0 Å². The summed E-state index contributed by atoms with van der Waals surface area (Å²) in [5.74, 6) is 5.90. The zero-order chi connectivity index (χ0) is 13.9. The molecule has 3 N–H and O–H groups in total. The number of likely N-dealkylation sites (tertiary alicyclic amines) is 1. The van der Waals surface area contributed by atoms with E-state index in [1.165, 1.54) is 49.9 Å². The number of rotatable bonds is 3. The number of carbonyl (C=O) groups excluding carboxylic acids is 1. The maximum absolute atomic E-state index is 11.5. The van der Waals surface area contributed by atoms with Crippen molar-refractivity contribution in [3.8, 4) is 0 Å². The Bertz CT molecular complexity index is 471. The molecule has 2 atom stereocenters. The lowest BCUT2D eigenvalue weighted by Gasteiger charge is -2.44. The van der Waals surface area contributed by atoms with E-state index in [4.69, 9.17) is 5.84 Å². The molecule has 2 heterocycles. The summed E-state index contributed by atoms with van der Waals surface area (Å²) in [6, 6.07) is 4.72. The second-order valence-corrected chi connectivity index (χ2v) is 7.13. The Morgan fingerprint density at radius 3 is 2.95 bits per heavy atom. The first-order valence-electron chi connectivity index (χ1n) is 7.61. The quantitative estimate of drug-likeness (QED) is 0.511. The molecule has 1 amide bonds. The van der Waals surface area contributed by atoms with Crippen LogP contribution >= 0.6 is 11.3 Å². The van der Waals surface area contributed by atoms with Crippen LogP contribution in [0.3, 0.4) is 0 Å². The summed E-state index contributed by atoms with van der Waals surface area (Å²) in [5, 5.41) is 0. The maximum atomic E-state index is 11.5. The van der Waals surface area contributed by atoms with Crippen molar-refractivity contribution in [3.05, 3.63) is 21.9 Å². The molecule has 0 radical (unpaired) electrons. The van der Waals surface area contributed by atoms with Gasteiger partial charge in [0.2, 0.25) is 0 Å². The highest BCUT2D eigenvalue weighted by molar-refractivity contribution is 7.14. The number of nitrogens with two attached hydrogens (primary N) is 1. The van der Waals surface area contributed by atoms with Gasteiger partial charge in [-0.1, -0.05) is 12.8 Å². The van der Waals surface area contributed by atoms with Gasteiger partial charge in [-0.25, -0.2) is 5.84 Å². The molecule has 0 spiro atoms. The van der Waals surface area contributed by atoms with Crippen LogP contribution < -0.4 is 11.3 Å². The van der Waals surface area contributed by atoms with E-state index in [1.54, 1.807) is 11.3 Å². The van der Waals surface area contributed by atoms with Crippen molar-refractivity contribution in [2.45, 2.75) is 51.1 Å². The predicted molar refractivity (Wildman–Crippen MR) is 81.4 cm³/mol. The zero-order valence-corrected chi connectivity index (χ0v) is 12.6. The third-order valence-electron chi connectivity index (χ3n) is 4.73. The van der Waals surface area contributed by atoms with Crippen LogP contribution in [-0.4, -0.2) is 23.4 Å². The zero-order valence-electron chi connectivity index (χ0n) is 11.8. The first-order valence-corrected chi connectivity index (χ1v) is 8.43. The van der Waals surface area contributed by atoms with E-state index in [2.05, 4.69) is 16.4 Å². The Morgan fingerprint density at radius 1 is 1.30 bits per heavy atom. The number of amides is 1. The minimum Gasteiger partial charge on any atom is -0.295 e. The predicted octanol–water partition coefficient (Wildman–Crippen LogP) is 2.51. The minimum absolute atomic E-state index is 0.185. The molecule has 1 saturated carbocycles. The molecule has 1 aromatic rings. The fourth-order valence-corrected chi connectivity index (χ4v) is 4.72. The van der Waals surface area contributed by atoms with Crippen molar-refractivity contribution in [1.29, 1.82) is 0 Å². The smallest absolute Gasteiger partial charge is 0.275 e. The van der Waals surface area contributed by atoms with Crippen molar-refractivity contribution in [2.75, 3.05) is 6.54 Å². The van der Waals surface area contributed by atoms with Crippen molar-refractivity contribution in [1.82, 2.24) is 10.3 Å². The van der Waals surface area contributed by atoms with E-state index >= 15 is 0 Å². The van der Waals surface area contributed by atoms with Crippen molar-refractivity contribution in [2.24, 2.45) is 11.8 Å². The molecule has 1 saturated heterocycles. The first kappa shape index (κ1) is 14.0. The molecule has 4 nitrogen and oxygen atoms in total. The van der Waals surface area contributed by atoms with Crippen LogP contribution in [0.2, 0.25) is 0 Å². The molecule has 2 unspecified atom stereocenters. The normalized spacial score (nSPS) is 27.1. The van der Waals surface area contributed by atoms with Crippen LogP contribution in [0.25, 0.3) is 0 Å². The number of hydrogen-bond acceptors (Lipinski definition) is 4. The van der Waals surface area contributed by atoms with Gasteiger partial charge in [0.05, 0.1) is 4.88 Å². The number of piperidine rings is 1.